The summed E-state index contributed by atoms with van der Waals surface area (Å²) in [5, 5.41) is 16.6. The number of H-pyrrole nitrogens is 1. The summed E-state index contributed by atoms with van der Waals surface area (Å²) >= 11 is 0. The Balaban J connectivity index is 0.00000289. The first-order valence-corrected chi connectivity index (χ1v) is 11.2. The average molecular weight is 435 g/mol. The van der Waals surface area contributed by atoms with Crippen LogP contribution in [0.4, 0.5) is 0 Å². The van der Waals surface area contributed by atoms with E-state index in [4.69, 9.17) is 9.98 Å². The quantitative estimate of drug-likeness (QED) is 0.467. The first-order valence-electron chi connectivity index (χ1n) is 11.2. The second-order valence-electron chi connectivity index (χ2n) is 7.85. The highest BCUT2D eigenvalue weighted by molar-refractivity contribution is 5.83. The highest BCUT2D eigenvalue weighted by Gasteiger charge is 2.23. The molecule has 0 spiro atoms. The lowest BCUT2D eigenvalue weighted by molar-refractivity contribution is 0.276. The topological polar surface area (TPSA) is 95.0 Å². The lowest BCUT2D eigenvalue weighted by atomic mass is 10.0. The molecule has 8 heteroatoms. The van der Waals surface area contributed by atoms with Gasteiger partial charge in [-0.05, 0) is 29.7 Å². The van der Waals surface area contributed by atoms with Crippen LogP contribution in [0, 0.1) is 0 Å². The predicted molar refractivity (Wildman–Crippen MR) is 129 cm³/mol. The number of aliphatic imine (C=N–C) groups is 1. The average Bonchev–Trinajstić information content (AvgIpc) is 3.47. The highest BCUT2D eigenvalue weighted by atomic mass is 15.6. The SMILES string of the molecule is C.CCCCC1=NC(CCCC)NN1Cc1ccc(-c2ccccc2-c2nn[nH]n2)nc1. The molecule has 0 saturated heterocycles. The van der Waals surface area contributed by atoms with Crippen molar-refractivity contribution in [3.05, 3.63) is 48.2 Å². The van der Waals surface area contributed by atoms with Gasteiger partial charge in [0.2, 0.25) is 5.82 Å². The summed E-state index contributed by atoms with van der Waals surface area (Å²) in [6.45, 7) is 5.19. The van der Waals surface area contributed by atoms with Crippen molar-refractivity contribution in [1.82, 2.24) is 36.0 Å². The molecule has 1 aliphatic rings. The first-order chi connectivity index (χ1) is 15.3. The minimum atomic E-state index is 0. The molecule has 3 aromatic rings. The van der Waals surface area contributed by atoms with Gasteiger partial charge in [-0.2, -0.15) is 5.21 Å². The Morgan fingerprint density at radius 2 is 1.81 bits per heavy atom. The Labute approximate surface area is 190 Å². The van der Waals surface area contributed by atoms with Gasteiger partial charge in [-0.15, -0.1) is 10.2 Å². The van der Waals surface area contributed by atoms with Crippen LogP contribution >= 0.6 is 0 Å². The van der Waals surface area contributed by atoms with Crippen LogP contribution in [-0.2, 0) is 6.54 Å². The molecule has 1 atom stereocenters. The molecule has 4 rings (SSSR count). The van der Waals surface area contributed by atoms with Gasteiger partial charge in [0.25, 0.3) is 0 Å². The van der Waals surface area contributed by atoms with Crippen LogP contribution in [0.2, 0.25) is 0 Å². The van der Waals surface area contributed by atoms with Gasteiger partial charge in [0.15, 0.2) is 0 Å². The van der Waals surface area contributed by atoms with E-state index in [-0.39, 0.29) is 13.6 Å². The van der Waals surface area contributed by atoms with Gasteiger partial charge in [0.1, 0.15) is 12.0 Å². The minimum Gasteiger partial charge on any atom is -0.289 e. The van der Waals surface area contributed by atoms with E-state index in [2.05, 4.69) is 57.0 Å². The minimum absolute atomic E-state index is 0. The fourth-order valence-corrected chi connectivity index (χ4v) is 3.77. The van der Waals surface area contributed by atoms with E-state index in [0.29, 0.717) is 5.82 Å². The van der Waals surface area contributed by atoms with E-state index in [1.54, 1.807) is 0 Å². The van der Waals surface area contributed by atoms with E-state index in [0.717, 1.165) is 54.0 Å². The zero-order valence-electron chi connectivity index (χ0n) is 18.3. The van der Waals surface area contributed by atoms with Crippen LogP contribution in [0.3, 0.4) is 0 Å². The number of aromatic nitrogens is 5. The molecule has 0 amide bonds. The van der Waals surface area contributed by atoms with Gasteiger partial charge in [0, 0.05) is 23.7 Å². The Hall–Kier alpha value is -3.13. The maximum absolute atomic E-state index is 4.93. The van der Waals surface area contributed by atoms with Gasteiger partial charge in [-0.3, -0.25) is 15.0 Å². The summed E-state index contributed by atoms with van der Waals surface area (Å²) in [5.74, 6) is 1.73. The molecule has 1 aromatic carbocycles. The third-order valence-corrected chi connectivity index (χ3v) is 5.46. The molecule has 0 radical (unpaired) electrons. The number of amidine groups is 1. The Kier molecular flexibility index (Phi) is 8.44. The number of hydrogen-bond acceptors (Lipinski definition) is 7. The van der Waals surface area contributed by atoms with Crippen LogP contribution in [0.15, 0.2) is 47.6 Å². The van der Waals surface area contributed by atoms with Crippen molar-refractivity contribution < 1.29 is 0 Å². The van der Waals surface area contributed by atoms with Crippen molar-refractivity contribution in [3.8, 4) is 22.6 Å². The van der Waals surface area contributed by atoms with Crippen LogP contribution < -0.4 is 5.43 Å². The molecule has 170 valence electrons. The van der Waals surface area contributed by atoms with E-state index < -0.39 is 0 Å². The number of nitrogens with one attached hydrogen (secondary N) is 2. The first kappa shape index (κ1) is 23.5. The normalized spacial score (nSPS) is 15.5. The zero-order chi connectivity index (χ0) is 21.5. The summed E-state index contributed by atoms with van der Waals surface area (Å²) in [6.07, 6.45) is 8.93. The van der Waals surface area contributed by atoms with E-state index in [1.807, 2.05) is 30.5 Å². The summed E-state index contributed by atoms with van der Waals surface area (Å²) in [4.78, 5) is 9.67. The Morgan fingerprint density at radius 1 is 1.00 bits per heavy atom. The van der Waals surface area contributed by atoms with Crippen LogP contribution in [-0.4, -0.2) is 42.6 Å². The van der Waals surface area contributed by atoms with E-state index in [9.17, 15) is 0 Å². The maximum atomic E-state index is 4.93. The lowest BCUT2D eigenvalue weighted by Crippen LogP contribution is -2.40. The van der Waals surface area contributed by atoms with Gasteiger partial charge < -0.3 is 0 Å². The van der Waals surface area contributed by atoms with Crippen molar-refractivity contribution in [2.24, 2.45) is 4.99 Å². The number of pyridine rings is 1. The fraction of sp³-hybridized carbons (Fsp3) is 0.458. The molecule has 2 aromatic heterocycles. The van der Waals surface area contributed by atoms with Crippen molar-refractivity contribution in [3.63, 3.8) is 0 Å². The molecular weight excluding hydrogens is 400 g/mol. The van der Waals surface area contributed by atoms with Crippen LogP contribution in [0.25, 0.3) is 22.6 Å². The third kappa shape index (κ3) is 5.56. The number of tetrazole rings is 1. The van der Waals surface area contributed by atoms with E-state index in [1.165, 1.54) is 19.3 Å². The number of nitrogens with zero attached hydrogens (tertiary/aromatic N) is 6. The number of benzene rings is 1. The highest BCUT2D eigenvalue weighted by Crippen LogP contribution is 2.28. The number of aromatic amines is 1. The zero-order valence-corrected chi connectivity index (χ0v) is 18.3. The third-order valence-electron chi connectivity index (χ3n) is 5.46. The monoisotopic (exact) mass is 434 g/mol. The van der Waals surface area contributed by atoms with Crippen molar-refractivity contribution >= 4 is 5.84 Å². The number of rotatable bonds is 10. The van der Waals surface area contributed by atoms with Gasteiger partial charge in [-0.25, -0.2) is 5.43 Å². The van der Waals surface area contributed by atoms with Crippen molar-refractivity contribution in [2.45, 2.75) is 72.5 Å². The van der Waals surface area contributed by atoms with E-state index >= 15 is 0 Å². The molecule has 32 heavy (non-hydrogen) atoms. The van der Waals surface area contributed by atoms with Gasteiger partial charge in [-0.1, -0.05) is 70.9 Å². The molecular formula is C24H34N8. The van der Waals surface area contributed by atoms with Gasteiger partial charge >= 0.3 is 0 Å². The Morgan fingerprint density at radius 3 is 2.50 bits per heavy atom. The Bertz CT molecular complexity index is 981. The second kappa shape index (κ2) is 11.5. The molecule has 0 saturated carbocycles. The smallest absolute Gasteiger partial charge is 0.205 e. The summed E-state index contributed by atoms with van der Waals surface area (Å²) in [7, 11) is 0. The number of unbranched alkanes of at least 4 members (excludes halogenated alkanes) is 2. The lowest BCUT2D eigenvalue weighted by Gasteiger charge is -2.22. The van der Waals surface area contributed by atoms with Gasteiger partial charge in [0.05, 0.1) is 12.2 Å². The molecule has 3 heterocycles. The van der Waals surface area contributed by atoms with Crippen molar-refractivity contribution in [2.75, 3.05) is 0 Å². The molecule has 0 aliphatic carbocycles. The largest absolute Gasteiger partial charge is 0.289 e. The maximum Gasteiger partial charge on any atom is 0.205 e. The van der Waals surface area contributed by atoms with Crippen molar-refractivity contribution in [1.29, 1.82) is 0 Å². The molecule has 8 nitrogen and oxygen atoms in total. The summed E-state index contributed by atoms with van der Waals surface area (Å²) < 4.78 is 0. The standard InChI is InChI=1S/C23H30N8.CH4/c1-3-5-11-21-25-22(12-6-4-2)31(28-21)16-17-13-14-20(24-15-17)18-9-7-8-10-19(18)23-26-29-30-27-23;/h7-10,13-15,21,28H,3-6,11-12,16H2,1-2H3,(H,26,27,29,30);1H4. The number of hydrazine groups is 1. The second-order valence-corrected chi connectivity index (χ2v) is 7.85. The molecule has 2 N–H and O–H groups in total. The molecule has 0 fully saturated rings. The number of hydrogen-bond donors (Lipinski definition) is 2. The predicted octanol–water partition coefficient (Wildman–Crippen LogP) is 4.99. The summed E-state index contributed by atoms with van der Waals surface area (Å²) in [6, 6.07) is 12.2. The summed E-state index contributed by atoms with van der Waals surface area (Å²) in [5.41, 5.74) is 7.51. The molecule has 0 bridgehead atoms. The molecule has 1 aliphatic heterocycles. The fourth-order valence-electron chi connectivity index (χ4n) is 3.77. The van der Waals surface area contributed by atoms with Crippen LogP contribution in [0.5, 0.6) is 0 Å². The molecule has 1 unspecified atom stereocenters. The van der Waals surface area contributed by atoms with Crippen LogP contribution in [0.1, 0.15) is 65.4 Å².